The summed E-state index contributed by atoms with van der Waals surface area (Å²) in [7, 11) is 0. The van der Waals surface area contributed by atoms with Crippen LogP contribution in [0.15, 0.2) is 0 Å². The van der Waals surface area contributed by atoms with E-state index in [-0.39, 0.29) is 20.8 Å². The summed E-state index contributed by atoms with van der Waals surface area (Å²) in [6.07, 6.45) is 1.69. The Hall–Kier alpha value is 0.705. The number of thiol groups is 1. The first-order chi connectivity index (χ1) is 1.00. The first-order valence-corrected chi connectivity index (χ1v) is 1.34. The van der Waals surface area contributed by atoms with Gasteiger partial charge in [-0.15, -0.1) is 12.4 Å². The molecule has 4 heavy (non-hydrogen) atoms. The Balaban J connectivity index is -0.00000000500. The standard InChI is InChI=1S/CH4S.BH3.ClH/c1-2;;/h2H,1H3;1H3;1H. The molecule has 0 amide bonds. The zero-order valence-electron chi connectivity index (χ0n) is 1.86. The van der Waals surface area contributed by atoms with E-state index in [9.17, 15) is 0 Å². The fourth-order valence-electron chi connectivity index (χ4n) is 0. The molecule has 0 saturated heterocycles. The van der Waals surface area contributed by atoms with Crippen molar-refractivity contribution >= 4 is 33.4 Å². The van der Waals surface area contributed by atoms with Gasteiger partial charge in [-0.25, -0.2) is 0 Å². The molecular formula is CH8BClS. The highest BCUT2D eigenvalue weighted by Gasteiger charge is 0.901. The molecule has 0 aliphatic carbocycles. The fourth-order valence-corrected chi connectivity index (χ4v) is 0. The van der Waals surface area contributed by atoms with Gasteiger partial charge < -0.3 is 0 Å². The van der Waals surface area contributed by atoms with Gasteiger partial charge in [-0.2, -0.15) is 12.6 Å². The molecule has 0 heterocycles. The van der Waals surface area contributed by atoms with Gasteiger partial charge in [0.1, 0.15) is 0 Å². The van der Waals surface area contributed by atoms with Crippen molar-refractivity contribution in [2.75, 3.05) is 6.26 Å². The normalized spacial score (nSPS) is 1.50. The lowest BCUT2D eigenvalue weighted by Crippen LogP contribution is -0.865. The first kappa shape index (κ1) is 22.2. The van der Waals surface area contributed by atoms with Crippen LogP contribution in [0.4, 0.5) is 0 Å². The van der Waals surface area contributed by atoms with Crippen LogP contribution >= 0.6 is 25.0 Å². The second-order valence-electron chi connectivity index (χ2n) is 0. The van der Waals surface area contributed by atoms with Gasteiger partial charge in [0, 0.05) is 0 Å². The lowest BCUT2D eigenvalue weighted by molar-refractivity contribution is 2.55. The molecule has 0 rings (SSSR count). The average molecular weight is 98.4 g/mol. The minimum absolute atomic E-state index is 0. The van der Waals surface area contributed by atoms with Crippen molar-refractivity contribution < 1.29 is 0 Å². The Kier molecular flexibility index (Phi) is 303. The molecule has 0 aliphatic rings. The highest BCUT2D eigenvalue weighted by atomic mass is 35.5. The third-order valence-electron chi connectivity index (χ3n) is 0. The molecule has 0 nitrogen and oxygen atoms in total. The van der Waals surface area contributed by atoms with E-state index >= 15 is 0 Å². The van der Waals surface area contributed by atoms with Gasteiger partial charge in [0.25, 0.3) is 0 Å². The van der Waals surface area contributed by atoms with Crippen molar-refractivity contribution in [3.05, 3.63) is 0 Å². The maximum Gasteiger partial charge on any atom is 0.0814 e. The van der Waals surface area contributed by atoms with Crippen molar-refractivity contribution in [3.63, 3.8) is 0 Å². The summed E-state index contributed by atoms with van der Waals surface area (Å²) in [6, 6.07) is 0. The van der Waals surface area contributed by atoms with E-state index in [1.807, 2.05) is 0 Å². The maximum absolute atomic E-state index is 3.53. The third kappa shape index (κ3) is 15.8. The van der Waals surface area contributed by atoms with Gasteiger partial charge in [-0.05, 0) is 6.26 Å². The van der Waals surface area contributed by atoms with Crippen LogP contribution < -0.4 is 0 Å². The molecule has 0 aromatic heterocycles. The quantitative estimate of drug-likeness (QED) is 0.314. The summed E-state index contributed by atoms with van der Waals surface area (Å²) in [5, 5.41) is 0. The summed E-state index contributed by atoms with van der Waals surface area (Å²) >= 11 is 3.53. The zero-order chi connectivity index (χ0) is 2.00. The van der Waals surface area contributed by atoms with Crippen LogP contribution in [0.5, 0.6) is 0 Å². The van der Waals surface area contributed by atoms with Crippen molar-refractivity contribution in [2.45, 2.75) is 0 Å². The third-order valence-corrected chi connectivity index (χ3v) is 0. The van der Waals surface area contributed by atoms with Gasteiger partial charge in [-0.1, -0.05) is 0 Å². The van der Waals surface area contributed by atoms with Crippen molar-refractivity contribution in [2.24, 2.45) is 0 Å². The van der Waals surface area contributed by atoms with E-state index < -0.39 is 0 Å². The van der Waals surface area contributed by atoms with Crippen LogP contribution in [0, 0.1) is 0 Å². The van der Waals surface area contributed by atoms with Crippen molar-refractivity contribution in [3.8, 4) is 0 Å². The molecule has 0 bridgehead atoms. The Morgan fingerprint density at radius 1 is 1.25 bits per heavy atom. The van der Waals surface area contributed by atoms with Crippen LogP contribution in [0.25, 0.3) is 0 Å². The molecule has 0 radical (unpaired) electrons. The highest BCUT2D eigenvalue weighted by molar-refractivity contribution is 7.79. The van der Waals surface area contributed by atoms with Crippen LogP contribution in [0.2, 0.25) is 0 Å². The van der Waals surface area contributed by atoms with E-state index in [0.29, 0.717) is 0 Å². The second kappa shape index (κ2) is 54.6. The topological polar surface area (TPSA) is 0 Å². The Bertz CT molecular complexity index is 8.00. The summed E-state index contributed by atoms with van der Waals surface area (Å²) in [6.45, 7) is 0. The molecule has 0 atom stereocenters. The summed E-state index contributed by atoms with van der Waals surface area (Å²) in [5.41, 5.74) is 0. The molecular weight excluding hydrogens is 90.3 g/mol. The first-order valence-electron chi connectivity index (χ1n) is 0.447. The molecule has 0 spiro atoms. The average Bonchev–Trinajstić information content (AvgIpc) is 1.00. The molecule has 0 fully saturated rings. The molecule has 0 unspecified atom stereocenters. The lowest BCUT2D eigenvalue weighted by Gasteiger charge is -1.11. The number of hydrogen-bond donors (Lipinski definition) is 1. The fraction of sp³-hybridized carbons (Fsp3) is 1.00. The summed E-state index contributed by atoms with van der Waals surface area (Å²) < 4.78 is 0. The van der Waals surface area contributed by atoms with Crippen LogP contribution in [0.3, 0.4) is 0 Å². The van der Waals surface area contributed by atoms with E-state index in [2.05, 4.69) is 12.6 Å². The van der Waals surface area contributed by atoms with Crippen LogP contribution in [-0.4, -0.2) is 14.7 Å². The summed E-state index contributed by atoms with van der Waals surface area (Å²) in [4.78, 5) is 0. The van der Waals surface area contributed by atoms with Gasteiger partial charge >= 0.3 is 0 Å². The van der Waals surface area contributed by atoms with Gasteiger partial charge in [-0.3, -0.25) is 0 Å². The van der Waals surface area contributed by atoms with E-state index in [1.165, 1.54) is 0 Å². The number of halogens is 1. The molecule has 0 aromatic carbocycles. The van der Waals surface area contributed by atoms with Gasteiger partial charge in [0.05, 0.1) is 8.41 Å². The molecule has 0 aliphatic heterocycles. The monoisotopic (exact) mass is 98.0 g/mol. The maximum atomic E-state index is 3.53. The zero-order valence-corrected chi connectivity index (χ0v) is 3.57. The number of rotatable bonds is 0. The van der Waals surface area contributed by atoms with E-state index in [0.717, 1.165) is 0 Å². The van der Waals surface area contributed by atoms with Gasteiger partial charge in [0.15, 0.2) is 0 Å². The van der Waals surface area contributed by atoms with Crippen molar-refractivity contribution in [1.29, 1.82) is 0 Å². The van der Waals surface area contributed by atoms with Gasteiger partial charge in [0.2, 0.25) is 0 Å². The lowest BCUT2D eigenvalue weighted by atomic mass is 10.8. The molecule has 3 heteroatoms. The van der Waals surface area contributed by atoms with Crippen LogP contribution in [0.1, 0.15) is 0 Å². The smallest absolute Gasteiger partial charge is 0.0814 e. The summed E-state index contributed by atoms with van der Waals surface area (Å²) in [5.74, 6) is 0. The SMILES string of the molecule is B.CS.Cl. The molecule has 0 aromatic rings. The minimum Gasteiger partial charge on any atom is -0.183 e. The Labute approximate surface area is 40.4 Å². The number of hydrogen-bond acceptors (Lipinski definition) is 1. The predicted molar refractivity (Wildman–Crippen MR) is 32.1 cm³/mol. The van der Waals surface area contributed by atoms with Crippen LogP contribution in [-0.2, 0) is 0 Å². The highest BCUT2D eigenvalue weighted by Crippen LogP contribution is 1.31. The molecule has 28 valence electrons. The van der Waals surface area contributed by atoms with E-state index in [4.69, 9.17) is 0 Å². The molecule has 0 N–H and O–H groups in total. The van der Waals surface area contributed by atoms with Crippen molar-refractivity contribution in [1.82, 2.24) is 0 Å². The minimum atomic E-state index is 0. The predicted octanol–water partition coefficient (Wildman–Crippen LogP) is -0.216. The Morgan fingerprint density at radius 3 is 1.25 bits per heavy atom. The van der Waals surface area contributed by atoms with E-state index in [1.54, 1.807) is 6.26 Å². The molecule has 0 saturated carbocycles. The Morgan fingerprint density at radius 2 is 1.25 bits per heavy atom. The largest absolute Gasteiger partial charge is 0.183 e. The second-order valence-corrected chi connectivity index (χ2v) is 0.